The lowest BCUT2D eigenvalue weighted by Crippen LogP contribution is -2.23. The first kappa shape index (κ1) is 12.2. The van der Waals surface area contributed by atoms with Crippen LogP contribution in [0.15, 0.2) is 6.20 Å². The van der Waals surface area contributed by atoms with E-state index in [0.717, 1.165) is 11.3 Å². The van der Waals surface area contributed by atoms with Gasteiger partial charge in [-0.15, -0.1) is 0 Å². The number of carboxylic acid groups (broad SMARTS) is 1. The normalized spacial score (nSPS) is 12.1. The molecule has 0 saturated carbocycles. The zero-order chi connectivity index (χ0) is 12.1. The molecule has 1 aromatic rings. The number of rotatable bonds is 6. The number of amides is 1. The number of carbonyl (C=O) groups is 2. The average Bonchev–Trinajstić information content (AvgIpc) is 2.58. The summed E-state index contributed by atoms with van der Waals surface area (Å²) in [5.74, 6) is -0.953. The Balaban J connectivity index is 2.98. The van der Waals surface area contributed by atoms with E-state index < -0.39 is 12.0 Å². The molecule has 0 aliphatic carbocycles. The first-order valence-electron chi connectivity index (χ1n) is 5.02. The van der Waals surface area contributed by atoms with E-state index in [1.807, 2.05) is 6.92 Å². The van der Waals surface area contributed by atoms with Crippen LogP contribution in [-0.2, 0) is 23.1 Å². The average molecular weight is 225 g/mol. The number of nitrogens with zero attached hydrogens (tertiary/aromatic N) is 2. The van der Waals surface area contributed by atoms with E-state index in [1.54, 1.807) is 17.9 Å². The number of carbonyl (C=O) groups excluding carboxylic acids is 1. The first-order chi connectivity index (χ1) is 7.58. The molecular formula is C10H15N3O3. The lowest BCUT2D eigenvalue weighted by molar-refractivity contribution is -0.137. The van der Waals surface area contributed by atoms with Crippen LogP contribution < -0.4 is 5.32 Å². The van der Waals surface area contributed by atoms with Crippen LogP contribution in [-0.4, -0.2) is 27.3 Å². The zero-order valence-corrected chi connectivity index (χ0v) is 9.30. The van der Waals surface area contributed by atoms with Gasteiger partial charge in [-0.25, -0.2) is 0 Å². The predicted octanol–water partition coefficient (Wildman–Crippen LogP) is 0.244. The molecular weight excluding hydrogens is 210 g/mol. The SMILES string of the molecule is CCc1nn(C)cc1C(CC(=O)O)NC=O. The molecule has 2 N–H and O–H groups in total. The van der Waals surface area contributed by atoms with E-state index in [9.17, 15) is 9.59 Å². The summed E-state index contributed by atoms with van der Waals surface area (Å²) in [4.78, 5) is 21.1. The lowest BCUT2D eigenvalue weighted by atomic mass is 10.0. The molecule has 0 saturated heterocycles. The number of aryl methyl sites for hydroxylation is 2. The van der Waals surface area contributed by atoms with Crippen LogP contribution in [0.5, 0.6) is 0 Å². The van der Waals surface area contributed by atoms with E-state index in [-0.39, 0.29) is 6.42 Å². The molecule has 0 radical (unpaired) electrons. The molecule has 0 fully saturated rings. The maximum atomic E-state index is 10.7. The van der Waals surface area contributed by atoms with Crippen molar-refractivity contribution in [3.05, 3.63) is 17.5 Å². The van der Waals surface area contributed by atoms with Crippen molar-refractivity contribution >= 4 is 12.4 Å². The van der Waals surface area contributed by atoms with Crippen molar-refractivity contribution in [3.8, 4) is 0 Å². The van der Waals surface area contributed by atoms with Crippen LogP contribution in [0.1, 0.15) is 30.6 Å². The smallest absolute Gasteiger partial charge is 0.305 e. The van der Waals surface area contributed by atoms with Crippen molar-refractivity contribution in [1.29, 1.82) is 0 Å². The van der Waals surface area contributed by atoms with Gasteiger partial charge in [0.2, 0.25) is 6.41 Å². The summed E-state index contributed by atoms with van der Waals surface area (Å²) in [6.45, 7) is 1.94. The molecule has 6 nitrogen and oxygen atoms in total. The fourth-order valence-corrected chi connectivity index (χ4v) is 1.63. The van der Waals surface area contributed by atoms with Crippen LogP contribution in [0.3, 0.4) is 0 Å². The van der Waals surface area contributed by atoms with Gasteiger partial charge in [-0.05, 0) is 6.42 Å². The second kappa shape index (κ2) is 5.29. The molecule has 1 aromatic heterocycles. The summed E-state index contributed by atoms with van der Waals surface area (Å²) in [7, 11) is 1.77. The fraction of sp³-hybridized carbons (Fsp3) is 0.500. The molecule has 1 unspecified atom stereocenters. The Morgan fingerprint density at radius 2 is 2.44 bits per heavy atom. The minimum Gasteiger partial charge on any atom is -0.481 e. The van der Waals surface area contributed by atoms with Crippen LogP contribution in [0.2, 0.25) is 0 Å². The van der Waals surface area contributed by atoms with Gasteiger partial charge >= 0.3 is 5.97 Å². The number of hydrogen-bond acceptors (Lipinski definition) is 3. The van der Waals surface area contributed by atoms with Crippen molar-refractivity contribution in [2.75, 3.05) is 0 Å². The standard InChI is InChI=1S/C10H15N3O3/c1-3-8-7(5-13(2)12-8)9(11-6-14)4-10(15)16/h5-6,9H,3-4H2,1-2H3,(H,11,14)(H,15,16). The number of aliphatic carboxylic acids is 1. The van der Waals surface area contributed by atoms with Gasteiger partial charge < -0.3 is 10.4 Å². The Morgan fingerprint density at radius 3 is 2.94 bits per heavy atom. The monoisotopic (exact) mass is 225 g/mol. The van der Waals surface area contributed by atoms with Crippen molar-refractivity contribution in [3.63, 3.8) is 0 Å². The molecule has 1 rings (SSSR count). The number of aromatic nitrogens is 2. The highest BCUT2D eigenvalue weighted by Gasteiger charge is 2.19. The minimum atomic E-state index is -0.953. The molecule has 1 atom stereocenters. The third-order valence-electron chi connectivity index (χ3n) is 2.30. The van der Waals surface area contributed by atoms with Gasteiger partial charge in [0.25, 0.3) is 0 Å². The van der Waals surface area contributed by atoms with E-state index in [0.29, 0.717) is 12.8 Å². The van der Waals surface area contributed by atoms with Crippen LogP contribution >= 0.6 is 0 Å². The van der Waals surface area contributed by atoms with Gasteiger partial charge in [-0.1, -0.05) is 6.92 Å². The molecule has 0 aromatic carbocycles. The maximum absolute atomic E-state index is 10.7. The topological polar surface area (TPSA) is 84.2 Å². The number of hydrogen-bond donors (Lipinski definition) is 2. The van der Waals surface area contributed by atoms with Gasteiger partial charge in [0.1, 0.15) is 0 Å². The third-order valence-corrected chi connectivity index (χ3v) is 2.30. The second-order valence-corrected chi connectivity index (χ2v) is 3.49. The lowest BCUT2D eigenvalue weighted by Gasteiger charge is -2.13. The summed E-state index contributed by atoms with van der Waals surface area (Å²) in [6, 6.07) is -0.515. The summed E-state index contributed by atoms with van der Waals surface area (Å²) < 4.78 is 1.62. The van der Waals surface area contributed by atoms with Crippen molar-refractivity contribution in [2.45, 2.75) is 25.8 Å². The summed E-state index contributed by atoms with van der Waals surface area (Å²) in [6.07, 6.45) is 2.81. The van der Waals surface area contributed by atoms with Crippen LogP contribution in [0, 0.1) is 0 Å². The van der Waals surface area contributed by atoms with Crippen LogP contribution in [0.4, 0.5) is 0 Å². The largest absolute Gasteiger partial charge is 0.481 e. The number of carboxylic acids is 1. The van der Waals surface area contributed by atoms with E-state index in [2.05, 4.69) is 10.4 Å². The summed E-state index contributed by atoms with van der Waals surface area (Å²) >= 11 is 0. The van der Waals surface area contributed by atoms with Gasteiger partial charge in [-0.3, -0.25) is 14.3 Å². The Morgan fingerprint density at radius 1 is 1.75 bits per heavy atom. The highest BCUT2D eigenvalue weighted by atomic mass is 16.4. The molecule has 0 bridgehead atoms. The fourth-order valence-electron chi connectivity index (χ4n) is 1.63. The van der Waals surface area contributed by atoms with E-state index >= 15 is 0 Å². The van der Waals surface area contributed by atoms with E-state index in [1.165, 1.54) is 0 Å². The molecule has 0 aliphatic heterocycles. The Kier molecular flexibility index (Phi) is 4.04. The predicted molar refractivity (Wildman–Crippen MR) is 56.8 cm³/mol. The van der Waals surface area contributed by atoms with Crippen molar-refractivity contribution in [2.24, 2.45) is 7.05 Å². The van der Waals surface area contributed by atoms with Gasteiger partial charge in [0, 0.05) is 18.8 Å². The Labute approximate surface area is 93.3 Å². The highest BCUT2D eigenvalue weighted by molar-refractivity contribution is 5.68. The quantitative estimate of drug-likeness (QED) is 0.679. The summed E-state index contributed by atoms with van der Waals surface area (Å²) in [5.41, 5.74) is 1.57. The maximum Gasteiger partial charge on any atom is 0.305 e. The molecule has 88 valence electrons. The minimum absolute atomic E-state index is 0.141. The zero-order valence-electron chi connectivity index (χ0n) is 9.30. The van der Waals surface area contributed by atoms with Gasteiger partial charge in [0.15, 0.2) is 0 Å². The van der Waals surface area contributed by atoms with Crippen LogP contribution in [0.25, 0.3) is 0 Å². The van der Waals surface area contributed by atoms with Crippen molar-refractivity contribution < 1.29 is 14.7 Å². The Bertz CT molecular complexity index is 387. The second-order valence-electron chi connectivity index (χ2n) is 3.49. The molecule has 1 heterocycles. The molecule has 16 heavy (non-hydrogen) atoms. The van der Waals surface area contributed by atoms with Gasteiger partial charge in [-0.2, -0.15) is 5.10 Å². The molecule has 0 spiro atoms. The molecule has 0 aliphatic rings. The molecule has 1 amide bonds. The Hall–Kier alpha value is -1.85. The number of nitrogens with one attached hydrogen (secondary N) is 1. The first-order valence-corrected chi connectivity index (χ1v) is 5.02. The van der Waals surface area contributed by atoms with E-state index in [4.69, 9.17) is 5.11 Å². The summed E-state index contributed by atoms with van der Waals surface area (Å²) in [5, 5.41) is 15.5. The highest BCUT2D eigenvalue weighted by Crippen LogP contribution is 2.20. The van der Waals surface area contributed by atoms with Crippen molar-refractivity contribution in [1.82, 2.24) is 15.1 Å². The molecule has 6 heteroatoms. The third kappa shape index (κ3) is 2.82. The van der Waals surface area contributed by atoms with Gasteiger partial charge in [0.05, 0.1) is 18.2 Å².